The number of aromatic nitrogens is 9. The maximum Gasteiger partial charge on any atom is 0.311 e. The molecular weight excluding hydrogens is 1620 g/mol. The number of carbonyl (C=O) groups excluding carboxylic acids is 5. The largest absolute Gasteiger partial charge is 0.420 e. The normalized spacial score (nSPS) is 23.2. The summed E-state index contributed by atoms with van der Waals surface area (Å²) in [5.41, 5.74) is 0.118. The number of aliphatic hydroxyl groups excluding tert-OH is 9. The van der Waals surface area contributed by atoms with E-state index < -0.39 is 181 Å². The maximum absolute atomic E-state index is 14.1. The van der Waals surface area contributed by atoms with Crippen LogP contribution in [0.3, 0.4) is 0 Å². The molecule has 15 atom stereocenters. The van der Waals surface area contributed by atoms with E-state index in [1.165, 1.54) is 14.0 Å². The number of hydrogen-bond donors (Lipinski definition) is 13. The van der Waals surface area contributed by atoms with Crippen LogP contribution in [0.4, 0.5) is 22.0 Å². The highest BCUT2D eigenvalue weighted by atomic mass is 19.2. The van der Waals surface area contributed by atoms with Gasteiger partial charge >= 0.3 is 5.97 Å². The molecule has 3 aliphatic rings. The third-order valence-electron chi connectivity index (χ3n) is 20.6. The van der Waals surface area contributed by atoms with Crippen molar-refractivity contribution >= 4 is 29.6 Å². The second-order valence-electron chi connectivity index (χ2n) is 29.7. The van der Waals surface area contributed by atoms with Crippen molar-refractivity contribution in [1.29, 1.82) is 0 Å². The van der Waals surface area contributed by atoms with Gasteiger partial charge in [-0.25, -0.2) is 27.2 Å². The summed E-state index contributed by atoms with van der Waals surface area (Å²) in [4.78, 5) is 67.3. The second kappa shape index (κ2) is 54.5. The Morgan fingerprint density at radius 3 is 0.975 bits per heavy atom. The number of nitrogens with one attached hydrogen (secondary N) is 4. The maximum atomic E-state index is 14.1. The van der Waals surface area contributed by atoms with Gasteiger partial charge in [0.05, 0.1) is 176 Å². The predicted octanol–water partition coefficient (Wildman–Crippen LogP) is -0.0000000000000135. The van der Waals surface area contributed by atoms with E-state index in [4.69, 9.17) is 56.8 Å². The zero-order valence-corrected chi connectivity index (χ0v) is 68.5. The van der Waals surface area contributed by atoms with E-state index >= 15 is 0 Å². The molecule has 7 rings (SSSR count). The van der Waals surface area contributed by atoms with Crippen molar-refractivity contribution in [3.05, 3.63) is 64.8 Å². The molecule has 121 heavy (non-hydrogen) atoms. The smallest absolute Gasteiger partial charge is 0.311 e. The van der Waals surface area contributed by atoms with E-state index in [-0.39, 0.29) is 196 Å². The van der Waals surface area contributed by atoms with Crippen molar-refractivity contribution in [1.82, 2.24) is 66.2 Å². The standard InChI is InChI=1S/C76H120F5N13O27/c1-47-66(103)69(106)53(41-95)118-73(47)92-38-50(86-89-92)44-115-35-32-112-29-26-109-23-20-82-56(98)14-17-76(85-59(101)12-10-8-6-4-5-7-9-11-13-60(102)121-72-64(80)62(78)61(77)63(79)65(72)81,18-15-57(99)83-21-24-110-27-30-113-33-36-116-45-51-39-93(90-87-51)74-48(2)67(104)70(107)54(42-96)119-74)19-16-58(100)84-22-25-111-28-31-114-34-37-117-46-52-40-94(91-88-52)75-49(3)68(105)71(108)55(43-97)120-75/h38-40,47-49,53-55,66-71,73-75,95-97,103-108H,4-37,41-46H2,1-3H3,(H,82,98)(H,83,99)(H,84,100)(H,85,101)/t47-,48-,49-,53-,54-,55-,66-,67-,68-,69+,70+,71+,73-,74-,75-/m1/s1. The van der Waals surface area contributed by atoms with E-state index in [1.54, 1.807) is 39.4 Å². The quantitative estimate of drug-likeness (QED) is 0.00691. The molecular formula is C76H120F5N13O27. The van der Waals surface area contributed by atoms with Crippen LogP contribution in [0, 0.1) is 46.8 Å². The Morgan fingerprint density at radius 1 is 0.380 bits per heavy atom. The number of aliphatic hydroxyl groups is 9. The number of ether oxygens (including phenoxy) is 13. The van der Waals surface area contributed by atoms with Crippen LogP contribution in [0.25, 0.3) is 0 Å². The minimum atomic E-state index is -2.38. The highest BCUT2D eigenvalue weighted by Gasteiger charge is 2.46. The van der Waals surface area contributed by atoms with E-state index in [9.17, 15) is 91.9 Å². The summed E-state index contributed by atoms with van der Waals surface area (Å²) in [6.07, 6.45) is -4.03. The van der Waals surface area contributed by atoms with Crippen LogP contribution in [0.5, 0.6) is 5.75 Å². The number of halogens is 5. The number of carbonyl (C=O) groups is 5. The van der Waals surface area contributed by atoms with Crippen molar-refractivity contribution in [2.75, 3.05) is 139 Å². The minimum absolute atomic E-state index is 0.00868. The van der Waals surface area contributed by atoms with Crippen LogP contribution in [-0.4, -0.2) is 320 Å². The van der Waals surface area contributed by atoms with Crippen LogP contribution < -0.4 is 26.0 Å². The van der Waals surface area contributed by atoms with E-state index in [0.717, 1.165) is 6.42 Å². The summed E-state index contributed by atoms with van der Waals surface area (Å²) in [6.45, 7) is 6.74. The molecule has 1 aromatic carbocycles. The molecule has 40 nitrogen and oxygen atoms in total. The summed E-state index contributed by atoms with van der Waals surface area (Å²) < 4.78 is 146. The van der Waals surface area contributed by atoms with E-state index in [2.05, 4.69) is 56.9 Å². The van der Waals surface area contributed by atoms with Crippen LogP contribution in [0.2, 0.25) is 0 Å². The van der Waals surface area contributed by atoms with Gasteiger partial charge in [0.1, 0.15) is 53.7 Å². The zero-order valence-electron chi connectivity index (χ0n) is 68.5. The van der Waals surface area contributed by atoms with Gasteiger partial charge in [-0.1, -0.05) is 74.9 Å². The van der Waals surface area contributed by atoms with Crippen molar-refractivity contribution in [2.45, 2.75) is 222 Å². The minimum Gasteiger partial charge on any atom is -0.420 e. The fourth-order valence-corrected chi connectivity index (χ4v) is 13.5. The third kappa shape index (κ3) is 33.3. The number of amides is 4. The molecule has 3 aliphatic heterocycles. The molecule has 6 heterocycles. The molecule has 686 valence electrons. The van der Waals surface area contributed by atoms with Crippen LogP contribution in [0.1, 0.15) is 159 Å². The summed E-state index contributed by atoms with van der Waals surface area (Å²) in [7, 11) is 0. The Hall–Kier alpha value is -7.20. The SMILES string of the molecule is C[C@@H]1[C@@H](O)[C@@H](O)[C@@H](CO)O[C@H]1n1cc(COCCOCCOCCNC(=O)CCC(CCC(=O)NCCOCCOCCOCc2cn([C@@H]3O[C@H](CO)[C@H](O)[C@H](O)[C@H]3C)nn2)(CCC(=O)NCCOCCOCCOCc2cn([C@@H]3O[C@H](CO)[C@H](O)[C@H](O)[C@H]3C)nn2)NC(=O)CCCCCCCCCCC(=O)Oc2c(F)c(F)c(F)c(F)c2F)nn1. The monoisotopic (exact) mass is 1740 g/mol. The fourth-order valence-electron chi connectivity index (χ4n) is 13.5. The van der Waals surface area contributed by atoms with E-state index in [0.29, 0.717) is 55.6 Å². The predicted molar refractivity (Wildman–Crippen MR) is 406 cm³/mol. The Balaban J connectivity index is 0.856. The molecule has 0 aliphatic carbocycles. The highest BCUT2D eigenvalue weighted by molar-refractivity contribution is 5.80. The lowest BCUT2D eigenvalue weighted by atomic mass is 9.82. The molecule has 4 amide bonds. The first kappa shape index (κ1) is 101. The lowest BCUT2D eigenvalue weighted by Gasteiger charge is -2.40. The van der Waals surface area contributed by atoms with Gasteiger partial charge in [-0.2, -0.15) is 8.78 Å². The van der Waals surface area contributed by atoms with Crippen molar-refractivity contribution < 1.29 is 153 Å². The molecule has 0 spiro atoms. The van der Waals surface area contributed by atoms with Gasteiger partial charge in [0.15, 0.2) is 18.7 Å². The van der Waals surface area contributed by atoms with Gasteiger partial charge in [-0.15, -0.1) is 15.3 Å². The summed E-state index contributed by atoms with van der Waals surface area (Å²) in [5, 5.41) is 127. The van der Waals surface area contributed by atoms with Crippen LogP contribution in [-0.2, 0) is 101 Å². The van der Waals surface area contributed by atoms with Gasteiger partial charge < -0.3 is 129 Å². The van der Waals surface area contributed by atoms with Crippen molar-refractivity contribution in [2.24, 2.45) is 17.8 Å². The first-order chi connectivity index (χ1) is 58.3. The van der Waals surface area contributed by atoms with Gasteiger partial charge in [-0.3, -0.25) is 24.0 Å². The molecule has 0 radical (unpaired) electrons. The fraction of sp³-hybridized carbons (Fsp3) is 0.776. The van der Waals surface area contributed by atoms with Crippen molar-refractivity contribution in [3.63, 3.8) is 0 Å². The average molecular weight is 1740 g/mol. The molecule has 0 bridgehead atoms. The Kier molecular flexibility index (Phi) is 45.5. The Morgan fingerprint density at radius 2 is 0.661 bits per heavy atom. The third-order valence-corrected chi connectivity index (χ3v) is 20.6. The molecule has 0 saturated carbocycles. The zero-order chi connectivity index (χ0) is 87.6. The van der Waals surface area contributed by atoms with Crippen molar-refractivity contribution in [3.8, 4) is 5.75 Å². The first-order valence-electron chi connectivity index (χ1n) is 40.9. The molecule has 3 fully saturated rings. The average Bonchev–Trinajstić information content (AvgIpc) is 1.79. The lowest BCUT2D eigenvalue weighted by Crippen LogP contribution is -2.53. The molecule has 13 N–H and O–H groups in total. The topological polar surface area (TPSA) is 528 Å². The molecule has 4 aromatic rings. The summed E-state index contributed by atoms with van der Waals surface area (Å²) in [6, 6.07) is 0. The second-order valence-corrected chi connectivity index (χ2v) is 29.7. The lowest BCUT2D eigenvalue weighted by molar-refractivity contribution is -0.231. The van der Waals surface area contributed by atoms with Gasteiger partial charge in [0.25, 0.3) is 0 Å². The Bertz CT molecular complexity index is 3370. The van der Waals surface area contributed by atoms with Gasteiger partial charge in [0.2, 0.25) is 58.5 Å². The summed E-state index contributed by atoms with van der Waals surface area (Å²) >= 11 is 0. The molecule has 3 aromatic heterocycles. The van der Waals surface area contributed by atoms with Crippen LogP contribution in [0.15, 0.2) is 18.6 Å². The first-order valence-corrected chi connectivity index (χ1v) is 40.9. The number of nitrogens with zero attached hydrogens (tertiary/aromatic N) is 9. The molecule has 0 unspecified atom stereocenters. The molecule has 45 heteroatoms. The van der Waals surface area contributed by atoms with Crippen LogP contribution >= 0.6 is 0 Å². The number of esters is 1. The number of benzene rings is 1. The van der Waals surface area contributed by atoms with E-state index in [1.807, 2.05) is 0 Å². The Labute approximate surface area is 696 Å². The number of unbranched alkanes of at least 4 members (excludes halogenated alkanes) is 7. The number of rotatable bonds is 61. The van der Waals surface area contributed by atoms with Gasteiger partial charge in [0, 0.05) is 75.0 Å². The molecule has 3 saturated heterocycles. The number of hydrogen-bond acceptors (Lipinski definition) is 33. The summed E-state index contributed by atoms with van der Waals surface area (Å²) in [5.74, 6) is -17.5. The highest BCUT2D eigenvalue weighted by Crippen LogP contribution is 2.37. The van der Waals surface area contributed by atoms with Gasteiger partial charge in [-0.05, 0) is 32.1 Å².